The molecule has 0 N–H and O–H groups in total. The maximum atomic E-state index is 11.4. The number of ether oxygens (including phenoxy) is 2. The molecule has 0 aliphatic carbocycles. The van der Waals surface area contributed by atoms with E-state index in [1.165, 1.54) is 6.07 Å². The fourth-order valence-corrected chi connectivity index (χ4v) is 3.69. The van der Waals surface area contributed by atoms with Crippen molar-refractivity contribution in [3.8, 4) is 11.5 Å². The van der Waals surface area contributed by atoms with Crippen LogP contribution in [0.5, 0.6) is 11.5 Å². The number of fused-ring (bicyclic) bond motifs is 1. The van der Waals surface area contributed by atoms with Gasteiger partial charge in [0.05, 0.1) is 15.5 Å². The van der Waals surface area contributed by atoms with Gasteiger partial charge < -0.3 is 19.4 Å². The summed E-state index contributed by atoms with van der Waals surface area (Å²) < 4.78 is 12.9. The monoisotopic (exact) mass is 429 g/mol. The zero-order chi connectivity index (χ0) is 18.3. The largest absolute Gasteiger partial charge is 0.545 e. The lowest BCUT2D eigenvalue weighted by molar-refractivity contribution is -0.255. The summed E-state index contributed by atoms with van der Waals surface area (Å²) in [5, 5.41) is 11.3. The van der Waals surface area contributed by atoms with E-state index in [9.17, 15) is 9.90 Å². The Balaban J connectivity index is 1.95. The van der Waals surface area contributed by atoms with Crippen LogP contribution in [0.25, 0.3) is 0 Å². The second kappa shape index (κ2) is 6.34. The summed E-state index contributed by atoms with van der Waals surface area (Å²) in [5.41, 5.74) is 1.33. The summed E-state index contributed by atoms with van der Waals surface area (Å²) >= 11 is 9.62. The van der Waals surface area contributed by atoms with E-state index in [4.69, 9.17) is 21.1 Å². The van der Waals surface area contributed by atoms with Crippen molar-refractivity contribution in [2.45, 2.75) is 5.79 Å². The summed E-state index contributed by atoms with van der Waals surface area (Å²) in [6.45, 7) is 0. The molecule has 1 aliphatic heterocycles. The Labute approximate surface area is 163 Å². The minimum absolute atomic E-state index is 0.0584. The predicted molar refractivity (Wildman–Crippen MR) is 98.4 cm³/mol. The topological polar surface area (TPSA) is 58.6 Å². The lowest BCUT2D eigenvalue weighted by atomic mass is 9.97. The number of hydrogen-bond acceptors (Lipinski definition) is 4. The highest BCUT2D eigenvalue weighted by Gasteiger charge is 2.47. The molecule has 0 bridgehead atoms. The Bertz CT molecular complexity index is 950. The molecule has 3 aromatic carbocycles. The van der Waals surface area contributed by atoms with E-state index in [-0.39, 0.29) is 16.3 Å². The molecule has 26 heavy (non-hydrogen) atoms. The third-order valence-corrected chi connectivity index (χ3v) is 5.11. The summed E-state index contributed by atoms with van der Waals surface area (Å²) in [6.07, 6.45) is 0. The molecule has 3 aromatic rings. The standard InChI is InChI=1S/C20H12BrClO4/c21-15-11-14(19(23)24)16(22)18-17(15)25-20(26-18,12-7-3-1-4-8-12)13-9-5-2-6-10-13/h1-11H,(H,23,24)/p-1. The second-order valence-electron chi connectivity index (χ2n) is 5.72. The van der Waals surface area contributed by atoms with Crippen LogP contribution >= 0.6 is 27.5 Å². The van der Waals surface area contributed by atoms with Gasteiger partial charge in [-0.3, -0.25) is 0 Å². The van der Waals surface area contributed by atoms with E-state index < -0.39 is 11.8 Å². The molecule has 0 fully saturated rings. The van der Waals surface area contributed by atoms with Crippen LogP contribution in [-0.4, -0.2) is 5.97 Å². The first-order valence-corrected chi connectivity index (χ1v) is 8.92. The average molecular weight is 431 g/mol. The third-order valence-electron chi connectivity index (χ3n) is 4.15. The number of hydrogen-bond donors (Lipinski definition) is 0. The van der Waals surface area contributed by atoms with Crippen molar-refractivity contribution in [2.24, 2.45) is 0 Å². The van der Waals surface area contributed by atoms with Gasteiger partial charge in [0, 0.05) is 16.7 Å². The fraction of sp³-hybridized carbons (Fsp3) is 0.0500. The lowest BCUT2D eigenvalue weighted by Crippen LogP contribution is -2.36. The Morgan fingerprint density at radius 2 is 1.42 bits per heavy atom. The highest BCUT2D eigenvalue weighted by molar-refractivity contribution is 9.10. The number of halogens is 2. The summed E-state index contributed by atoms with van der Waals surface area (Å²) in [6, 6.07) is 20.1. The first kappa shape index (κ1) is 16.9. The molecule has 1 heterocycles. The van der Waals surface area contributed by atoms with Crippen LogP contribution in [0.4, 0.5) is 0 Å². The Kier molecular flexibility index (Phi) is 4.13. The minimum atomic E-state index is -1.39. The molecule has 0 radical (unpaired) electrons. The summed E-state index contributed by atoms with van der Waals surface area (Å²) in [7, 11) is 0. The van der Waals surface area contributed by atoms with Crippen LogP contribution in [0.3, 0.4) is 0 Å². The zero-order valence-electron chi connectivity index (χ0n) is 13.2. The number of aromatic carboxylic acids is 1. The molecule has 1 aliphatic rings. The van der Waals surface area contributed by atoms with Crippen LogP contribution < -0.4 is 14.6 Å². The molecule has 6 heteroatoms. The maximum Gasteiger partial charge on any atom is 0.305 e. The van der Waals surface area contributed by atoms with Crippen molar-refractivity contribution in [3.63, 3.8) is 0 Å². The van der Waals surface area contributed by atoms with Gasteiger partial charge in [-0.25, -0.2) is 0 Å². The molecule has 0 saturated heterocycles. The normalized spacial score (nSPS) is 14.2. The van der Waals surface area contributed by atoms with Gasteiger partial charge in [-0.2, -0.15) is 0 Å². The van der Waals surface area contributed by atoms with Gasteiger partial charge in [0.25, 0.3) is 0 Å². The van der Waals surface area contributed by atoms with E-state index in [1.807, 2.05) is 60.7 Å². The van der Waals surface area contributed by atoms with Crippen LogP contribution in [-0.2, 0) is 5.79 Å². The van der Waals surface area contributed by atoms with E-state index >= 15 is 0 Å². The first-order chi connectivity index (χ1) is 12.5. The molecule has 0 aromatic heterocycles. The highest BCUT2D eigenvalue weighted by atomic mass is 79.9. The number of carbonyl (C=O) groups excluding carboxylic acids is 1. The van der Waals surface area contributed by atoms with Gasteiger partial charge in [-0.15, -0.1) is 0 Å². The summed E-state index contributed by atoms with van der Waals surface area (Å²) in [4.78, 5) is 11.4. The summed E-state index contributed by atoms with van der Waals surface area (Å²) in [5.74, 6) is -2.17. The average Bonchev–Trinajstić information content (AvgIpc) is 3.09. The molecule has 0 unspecified atom stereocenters. The predicted octanol–water partition coefficient (Wildman–Crippen LogP) is 4.14. The SMILES string of the molecule is O=C([O-])c1cc(Br)c2c(c1Cl)OC(c1ccccc1)(c1ccccc1)O2. The quantitative estimate of drug-likeness (QED) is 0.627. The van der Waals surface area contributed by atoms with E-state index in [0.29, 0.717) is 10.2 Å². The Hall–Kier alpha value is -2.50. The van der Waals surface area contributed by atoms with Crippen LogP contribution in [0.2, 0.25) is 5.02 Å². The number of benzene rings is 3. The van der Waals surface area contributed by atoms with E-state index in [2.05, 4.69) is 15.9 Å². The van der Waals surface area contributed by atoms with Gasteiger partial charge in [0.2, 0.25) is 0 Å². The van der Waals surface area contributed by atoms with Crippen molar-refractivity contribution in [2.75, 3.05) is 0 Å². The van der Waals surface area contributed by atoms with Crippen molar-refractivity contribution < 1.29 is 19.4 Å². The highest BCUT2D eigenvalue weighted by Crippen LogP contribution is 2.54. The van der Waals surface area contributed by atoms with Crippen LogP contribution in [0, 0.1) is 0 Å². The molecule has 4 rings (SSSR count). The van der Waals surface area contributed by atoms with Crippen molar-refractivity contribution in [1.82, 2.24) is 0 Å². The molecule has 130 valence electrons. The number of rotatable bonds is 3. The molecule has 0 saturated carbocycles. The molecular weight excluding hydrogens is 420 g/mol. The molecule has 4 nitrogen and oxygen atoms in total. The third kappa shape index (κ3) is 2.55. The number of carboxylic acid groups (broad SMARTS) is 1. The van der Waals surface area contributed by atoms with Gasteiger partial charge in [-0.05, 0) is 22.0 Å². The van der Waals surface area contributed by atoms with Gasteiger partial charge in [-0.1, -0.05) is 72.3 Å². The Morgan fingerprint density at radius 1 is 0.923 bits per heavy atom. The lowest BCUT2D eigenvalue weighted by Gasteiger charge is -2.28. The van der Waals surface area contributed by atoms with Crippen molar-refractivity contribution in [3.05, 3.63) is 92.9 Å². The van der Waals surface area contributed by atoms with E-state index in [1.54, 1.807) is 0 Å². The number of carbonyl (C=O) groups is 1. The molecule has 0 amide bonds. The number of carboxylic acids is 1. The van der Waals surface area contributed by atoms with Crippen molar-refractivity contribution in [1.29, 1.82) is 0 Å². The zero-order valence-corrected chi connectivity index (χ0v) is 15.6. The van der Waals surface area contributed by atoms with Crippen LogP contribution in [0.1, 0.15) is 21.5 Å². The Morgan fingerprint density at radius 3 is 1.92 bits per heavy atom. The van der Waals surface area contributed by atoms with Gasteiger partial charge in [0.1, 0.15) is 0 Å². The fourth-order valence-electron chi connectivity index (χ4n) is 2.95. The van der Waals surface area contributed by atoms with Crippen LogP contribution in [0.15, 0.2) is 71.2 Å². The molecule has 0 atom stereocenters. The minimum Gasteiger partial charge on any atom is -0.545 e. The second-order valence-corrected chi connectivity index (χ2v) is 6.95. The van der Waals surface area contributed by atoms with Gasteiger partial charge >= 0.3 is 5.79 Å². The van der Waals surface area contributed by atoms with Crippen molar-refractivity contribution >= 4 is 33.5 Å². The van der Waals surface area contributed by atoms with E-state index in [0.717, 1.165) is 11.1 Å². The first-order valence-electron chi connectivity index (χ1n) is 7.75. The molecule has 0 spiro atoms. The smallest absolute Gasteiger partial charge is 0.305 e. The maximum absolute atomic E-state index is 11.4. The van der Waals surface area contributed by atoms with Gasteiger partial charge in [0.15, 0.2) is 11.5 Å². The molecular formula is C20H11BrClO4-.